The van der Waals surface area contributed by atoms with Crippen molar-refractivity contribution in [1.29, 1.82) is 0 Å². The lowest BCUT2D eigenvalue weighted by atomic mass is 9.69. The molecule has 408 valence electrons. The number of ether oxygens (including phenoxy) is 3. The van der Waals surface area contributed by atoms with Gasteiger partial charge < -0.3 is 34.5 Å². The second kappa shape index (κ2) is 21.8. The second-order valence-corrected chi connectivity index (χ2v) is 23.6. The van der Waals surface area contributed by atoms with Crippen LogP contribution in [-0.2, 0) is 16.6 Å². The highest BCUT2D eigenvalue weighted by Gasteiger charge is 2.49. The van der Waals surface area contributed by atoms with Gasteiger partial charge in [0.15, 0.2) is 5.75 Å². The summed E-state index contributed by atoms with van der Waals surface area (Å²) >= 11 is 0. The number of hydrogen-bond acceptors (Lipinski definition) is 16. The Bertz CT molecular complexity index is 3260. The van der Waals surface area contributed by atoms with E-state index in [0.29, 0.717) is 69.1 Å². The van der Waals surface area contributed by atoms with E-state index in [-0.39, 0.29) is 51.1 Å². The first-order valence-corrected chi connectivity index (χ1v) is 27.9. The van der Waals surface area contributed by atoms with E-state index in [1.165, 1.54) is 35.9 Å². The number of aromatic nitrogens is 4. The number of anilines is 2. The van der Waals surface area contributed by atoms with Gasteiger partial charge in [-0.3, -0.25) is 24.7 Å². The number of methoxy groups -OCH3 is 2. The minimum Gasteiger partial charge on any atom is -0.481 e. The van der Waals surface area contributed by atoms with E-state index < -0.39 is 42.9 Å². The number of nitrogens with one attached hydrogen (secondary N) is 3. The summed E-state index contributed by atoms with van der Waals surface area (Å²) < 4.78 is 62.1. The number of fused-ring (bicyclic) bond motifs is 1. The summed E-state index contributed by atoms with van der Waals surface area (Å²) in [6.45, 7) is 12.8. The number of hydrogen-bond donors (Lipinski definition) is 4. The van der Waals surface area contributed by atoms with Crippen molar-refractivity contribution in [2.45, 2.75) is 101 Å². The summed E-state index contributed by atoms with van der Waals surface area (Å²) in [7, 11) is -1.73. The number of H-pyrrole nitrogens is 1. The molecule has 2 atom stereocenters. The number of carbonyl (C=O) groups is 1. The Hall–Kier alpha value is -6.94. The van der Waals surface area contributed by atoms with Crippen LogP contribution in [0.4, 0.5) is 21.6 Å². The number of sulfonamides is 1. The molecule has 4 aliphatic rings. The maximum Gasteiger partial charge on any atom is 0.312 e. The maximum absolute atomic E-state index is 14.9. The average molecular weight is 1080 g/mol. The molecule has 4 fully saturated rings. The third-order valence-electron chi connectivity index (χ3n) is 16.3. The van der Waals surface area contributed by atoms with Crippen LogP contribution in [0.5, 0.6) is 23.3 Å². The molecule has 1 amide bonds. The smallest absolute Gasteiger partial charge is 0.312 e. The molecule has 1 spiro atoms. The standard InChI is InChI=1S/C56H67FN10O9S/c1-35(2)40-8-6-7-9-41(40)44-32-64(31-37-14-20-58-50(24-37)74-4)21-15-46(44)66-33-56(34-66)18-22-65(23-19-56)38-10-11-42(48(25-38)76-49-27-43-45(57)30-61-51(43)62-54(49)75-5)53(68)63-77(72,73)39-26-47(67(70)71)52(60-29-39)59-28-36-12-16-55(3,69)17-13-36/h6-11,14,20,24-27,29-30,35-36,44,46,69H,12-13,15-19,21-23,28,31-34H2,1-5H3,(H,59,60)(H,61,62)(H,63,68). The van der Waals surface area contributed by atoms with Gasteiger partial charge in [-0.25, -0.2) is 27.5 Å². The molecule has 4 aromatic heterocycles. The molecule has 10 rings (SSSR count). The number of rotatable bonds is 17. The maximum atomic E-state index is 14.9. The predicted molar refractivity (Wildman–Crippen MR) is 289 cm³/mol. The van der Waals surface area contributed by atoms with Crippen LogP contribution in [0.15, 0.2) is 90.2 Å². The van der Waals surface area contributed by atoms with Crippen molar-refractivity contribution in [3.8, 4) is 23.3 Å². The van der Waals surface area contributed by atoms with Crippen molar-refractivity contribution in [3.05, 3.63) is 124 Å². The second-order valence-electron chi connectivity index (χ2n) is 21.9. The number of piperidine rings is 2. The van der Waals surface area contributed by atoms with Gasteiger partial charge in [0, 0.05) is 107 Å². The zero-order valence-electron chi connectivity index (χ0n) is 44.1. The Labute approximate surface area is 447 Å². The lowest BCUT2D eigenvalue weighted by Crippen LogP contribution is -2.65. The number of benzene rings is 2. The van der Waals surface area contributed by atoms with Crippen LogP contribution in [0.2, 0.25) is 0 Å². The molecule has 7 heterocycles. The van der Waals surface area contributed by atoms with E-state index in [2.05, 4.69) is 88.9 Å². The molecular formula is C56H67FN10O9S. The zero-order valence-corrected chi connectivity index (χ0v) is 44.9. The fourth-order valence-corrected chi connectivity index (χ4v) is 12.9. The van der Waals surface area contributed by atoms with Gasteiger partial charge >= 0.3 is 5.69 Å². The number of likely N-dealkylation sites (tertiary alicyclic amines) is 2. The summed E-state index contributed by atoms with van der Waals surface area (Å²) in [6.07, 6.45) is 9.41. The van der Waals surface area contributed by atoms with E-state index in [1.54, 1.807) is 26.2 Å². The minimum absolute atomic E-state index is 0.0179. The van der Waals surface area contributed by atoms with Gasteiger partial charge in [0.25, 0.3) is 21.8 Å². The average Bonchev–Trinajstić information content (AvgIpc) is 3.82. The molecule has 1 aliphatic carbocycles. The molecule has 0 bridgehead atoms. The highest BCUT2D eigenvalue weighted by Crippen LogP contribution is 2.47. The molecule has 3 saturated heterocycles. The molecule has 1 saturated carbocycles. The van der Waals surface area contributed by atoms with Crippen molar-refractivity contribution >= 4 is 44.2 Å². The molecule has 6 aromatic rings. The van der Waals surface area contributed by atoms with Gasteiger partial charge in [-0.15, -0.1) is 0 Å². The number of halogens is 1. The van der Waals surface area contributed by atoms with Gasteiger partial charge in [0.1, 0.15) is 22.1 Å². The lowest BCUT2D eigenvalue weighted by molar-refractivity contribution is -0.384. The number of aromatic amines is 1. The summed E-state index contributed by atoms with van der Waals surface area (Å²) in [5.74, 6) is -0.444. The molecule has 0 radical (unpaired) electrons. The molecule has 3 aliphatic heterocycles. The van der Waals surface area contributed by atoms with Crippen LogP contribution >= 0.6 is 0 Å². The van der Waals surface area contributed by atoms with Crippen molar-refractivity contribution in [2.75, 3.05) is 70.2 Å². The molecule has 2 aromatic carbocycles. The molecule has 21 heteroatoms. The first-order chi connectivity index (χ1) is 36.9. The van der Waals surface area contributed by atoms with Crippen LogP contribution in [0.3, 0.4) is 0 Å². The summed E-state index contributed by atoms with van der Waals surface area (Å²) in [6, 6.07) is 20.5. The van der Waals surface area contributed by atoms with Gasteiger partial charge in [-0.05, 0) is 104 Å². The molecule has 19 nitrogen and oxygen atoms in total. The molecular weight excluding hydrogens is 1010 g/mol. The number of nitrogens with zero attached hydrogens (tertiary/aromatic N) is 7. The Morgan fingerprint density at radius 2 is 1.74 bits per heavy atom. The van der Waals surface area contributed by atoms with Crippen molar-refractivity contribution in [2.24, 2.45) is 11.3 Å². The third-order valence-corrected chi connectivity index (χ3v) is 17.6. The van der Waals surface area contributed by atoms with E-state index in [1.807, 2.05) is 12.3 Å². The fourth-order valence-electron chi connectivity index (χ4n) is 11.9. The Morgan fingerprint density at radius 1 is 0.974 bits per heavy atom. The first kappa shape index (κ1) is 53.5. The SMILES string of the molecule is COc1cc(CN2CCC(N3CC4(CCN(c5ccc(C(=O)NS(=O)(=O)c6cnc(NCC7CCC(C)(O)CC7)c([N+](=O)[O-])c6)c(Oc6cc7c(F)c[nH]c7nc6OC)c5)CC4)C3)C(c3ccccc3C(C)C)C2)ccn1. The molecule has 4 N–H and O–H groups in total. The van der Waals surface area contributed by atoms with E-state index in [0.717, 1.165) is 76.1 Å². The minimum atomic E-state index is -4.75. The van der Waals surface area contributed by atoms with Gasteiger partial charge in [0.2, 0.25) is 11.7 Å². The Kier molecular flexibility index (Phi) is 15.2. The summed E-state index contributed by atoms with van der Waals surface area (Å²) in [4.78, 5) is 48.1. The normalized spacial score (nSPS) is 21.9. The van der Waals surface area contributed by atoms with E-state index >= 15 is 0 Å². The van der Waals surface area contributed by atoms with E-state index in [4.69, 9.17) is 14.2 Å². The highest BCUT2D eigenvalue weighted by molar-refractivity contribution is 7.90. The van der Waals surface area contributed by atoms with Gasteiger partial charge in [-0.2, -0.15) is 4.98 Å². The molecule has 2 unspecified atom stereocenters. The van der Waals surface area contributed by atoms with E-state index in [9.17, 15) is 32.8 Å². The number of carbonyl (C=O) groups excluding carboxylic acids is 1. The fraction of sp³-hybridized carbons (Fsp3) is 0.464. The van der Waals surface area contributed by atoms with Crippen molar-refractivity contribution in [3.63, 3.8) is 0 Å². The number of nitro groups is 1. The topological polar surface area (TPSA) is 231 Å². The van der Waals surface area contributed by atoms with Crippen molar-refractivity contribution in [1.82, 2.24) is 34.5 Å². The third kappa shape index (κ3) is 11.5. The quantitative estimate of drug-likeness (QED) is 0.0494. The predicted octanol–water partition coefficient (Wildman–Crippen LogP) is 8.77. The van der Waals surface area contributed by atoms with Crippen LogP contribution in [0.1, 0.15) is 105 Å². The number of pyridine rings is 3. The zero-order chi connectivity index (χ0) is 54.2. The highest BCUT2D eigenvalue weighted by atomic mass is 32.2. The number of aliphatic hydroxyl groups is 1. The summed E-state index contributed by atoms with van der Waals surface area (Å²) in [5.41, 5.74) is 3.52. The van der Waals surface area contributed by atoms with Gasteiger partial charge in [-0.1, -0.05) is 38.1 Å². The van der Waals surface area contributed by atoms with Crippen molar-refractivity contribution < 1.29 is 41.8 Å². The first-order valence-electron chi connectivity index (χ1n) is 26.4. The number of amides is 1. The largest absolute Gasteiger partial charge is 0.481 e. The van der Waals surface area contributed by atoms with Crippen LogP contribution in [0.25, 0.3) is 11.0 Å². The Morgan fingerprint density at radius 3 is 2.47 bits per heavy atom. The van der Waals surface area contributed by atoms with Crippen LogP contribution < -0.4 is 29.1 Å². The molecule has 77 heavy (non-hydrogen) atoms. The van der Waals surface area contributed by atoms with Crippen LogP contribution in [-0.4, -0.2) is 126 Å². The van der Waals surface area contributed by atoms with Gasteiger partial charge in [0.05, 0.1) is 41.9 Å². The lowest BCUT2D eigenvalue weighted by Gasteiger charge is -2.59. The summed E-state index contributed by atoms with van der Waals surface area (Å²) in [5, 5.41) is 25.7. The Balaban J connectivity index is 0.858. The van der Waals surface area contributed by atoms with Crippen LogP contribution in [0, 0.1) is 27.3 Å². The monoisotopic (exact) mass is 1070 g/mol.